The first-order chi connectivity index (χ1) is 20.7. The molecule has 2 N–H and O–H groups in total. The Morgan fingerprint density at radius 3 is 2.49 bits per heavy atom. The molecule has 0 radical (unpaired) electrons. The van der Waals surface area contributed by atoms with Gasteiger partial charge in [0.1, 0.15) is 22.6 Å². The Kier molecular flexibility index (Phi) is 9.44. The summed E-state index contributed by atoms with van der Waals surface area (Å²) in [6.45, 7) is 7.59. The highest BCUT2D eigenvalue weighted by molar-refractivity contribution is 8.26. The van der Waals surface area contributed by atoms with Gasteiger partial charge in [0, 0.05) is 41.6 Å². The summed E-state index contributed by atoms with van der Waals surface area (Å²) in [5, 5.41) is 20.7. The van der Waals surface area contributed by atoms with Crippen molar-refractivity contribution in [3.8, 4) is 23.0 Å². The summed E-state index contributed by atoms with van der Waals surface area (Å²) in [5.41, 5.74) is 2.19. The van der Waals surface area contributed by atoms with E-state index in [1.165, 1.54) is 19.2 Å². The highest BCUT2D eigenvalue weighted by Gasteiger charge is 2.34. The van der Waals surface area contributed by atoms with Gasteiger partial charge < -0.3 is 23.8 Å². The summed E-state index contributed by atoms with van der Waals surface area (Å²) in [4.78, 5) is 30.9. The average Bonchev–Trinajstić information content (AvgIpc) is 3.33. The molecule has 12 heteroatoms. The number of rotatable bonds is 8. The van der Waals surface area contributed by atoms with Gasteiger partial charge in [0.25, 0.3) is 5.89 Å². The lowest BCUT2D eigenvalue weighted by Gasteiger charge is -2.17. The van der Waals surface area contributed by atoms with Crippen molar-refractivity contribution in [3.05, 3.63) is 59.9 Å². The first-order valence-electron chi connectivity index (χ1n) is 14.5. The molecule has 1 saturated carbocycles. The van der Waals surface area contributed by atoms with Gasteiger partial charge >= 0.3 is 6.09 Å². The van der Waals surface area contributed by atoms with E-state index in [9.17, 15) is 9.59 Å². The van der Waals surface area contributed by atoms with Gasteiger partial charge in [-0.15, -0.1) is 0 Å². The molecule has 11 nitrogen and oxygen atoms in total. The maximum absolute atomic E-state index is 12.1. The maximum atomic E-state index is 12.1. The Morgan fingerprint density at radius 2 is 1.91 bits per heavy atom. The smallest absolute Gasteiger partial charge is 0.410 e. The van der Waals surface area contributed by atoms with E-state index in [1.54, 1.807) is 35.2 Å². The molecule has 0 spiro atoms. The number of hydrogen-bond acceptors (Lipinski definition) is 10. The molecule has 226 valence electrons. The number of likely N-dealkylation sites (tertiary alicyclic amines) is 1. The van der Waals surface area contributed by atoms with Crippen molar-refractivity contribution in [2.45, 2.75) is 65.1 Å². The van der Waals surface area contributed by atoms with Crippen LogP contribution < -0.4 is 4.74 Å². The van der Waals surface area contributed by atoms with E-state index in [2.05, 4.69) is 10.1 Å². The summed E-state index contributed by atoms with van der Waals surface area (Å²) in [6, 6.07) is 13.3. The lowest BCUT2D eigenvalue weighted by molar-refractivity contribution is -0.128. The highest BCUT2D eigenvalue weighted by Crippen LogP contribution is 2.33. The van der Waals surface area contributed by atoms with Gasteiger partial charge in [-0.1, -0.05) is 36.8 Å². The molecule has 2 aromatic carbocycles. The minimum atomic E-state index is -0.355. The predicted molar refractivity (Wildman–Crippen MR) is 164 cm³/mol. The van der Waals surface area contributed by atoms with Crippen LogP contribution in [0.4, 0.5) is 4.79 Å². The number of carbonyl (C=O) groups excluding carboxylic acids is 2. The van der Waals surface area contributed by atoms with Crippen LogP contribution in [-0.2, 0) is 16.1 Å². The molecule has 1 unspecified atom stereocenters. The minimum Gasteiger partial charge on any atom is -0.457 e. The van der Waals surface area contributed by atoms with Gasteiger partial charge in [0.15, 0.2) is 6.33 Å². The molecule has 3 fully saturated rings. The average molecular weight is 605 g/mol. The summed E-state index contributed by atoms with van der Waals surface area (Å²) >= 11 is 1.14. The van der Waals surface area contributed by atoms with Crippen LogP contribution >= 0.6 is 11.8 Å². The van der Waals surface area contributed by atoms with Crippen molar-refractivity contribution in [1.29, 1.82) is 10.8 Å². The van der Waals surface area contributed by atoms with Crippen molar-refractivity contribution in [3.63, 3.8) is 0 Å². The number of hydrogen-bond donors (Lipinski definition) is 2. The second kappa shape index (κ2) is 13.4. The lowest BCUT2D eigenvalue weighted by atomic mass is 10.1. The van der Waals surface area contributed by atoms with E-state index in [-0.39, 0.29) is 18.1 Å². The van der Waals surface area contributed by atoms with E-state index in [0.29, 0.717) is 63.6 Å². The van der Waals surface area contributed by atoms with Crippen LogP contribution in [0.3, 0.4) is 0 Å². The van der Waals surface area contributed by atoms with Crippen LogP contribution in [-0.4, -0.2) is 67.3 Å². The molecule has 2 aliphatic heterocycles. The molecular formula is C31H36N6O5S. The van der Waals surface area contributed by atoms with Crippen molar-refractivity contribution in [1.82, 2.24) is 19.9 Å². The zero-order chi connectivity index (χ0) is 30.5. The number of ether oxygens (including phenoxy) is 2. The van der Waals surface area contributed by atoms with Crippen LogP contribution in [0, 0.1) is 16.7 Å². The molecule has 2 amide bonds. The molecule has 6 rings (SSSR count). The van der Waals surface area contributed by atoms with Gasteiger partial charge in [0.2, 0.25) is 5.91 Å². The first-order valence-corrected chi connectivity index (χ1v) is 15.3. The third-order valence-corrected chi connectivity index (χ3v) is 8.38. The highest BCUT2D eigenvalue weighted by atomic mass is 32.2. The summed E-state index contributed by atoms with van der Waals surface area (Å²) < 4.78 is 16.6. The summed E-state index contributed by atoms with van der Waals surface area (Å²) in [7, 11) is 0. The Hall–Kier alpha value is -4.19. The SMILES string of the molecule is CC1CN(Cc2ccc(-c3ncno3)cc2Oc2ccc(C(=N)SC(=N)C(C)C)cc2)C(=O)O1.O=C1CCCN1C1CC1. The molecule has 3 aliphatic rings. The standard InChI is InChI=1S/C24H25N5O4S.C7H11NO/c1-14(2)21(25)34-22(26)16-6-8-19(9-7-16)32-20-10-17(23-27-13-28-33-23)4-5-18(20)12-29-11-15(3)31-24(29)30;9-7-2-1-5-8(7)6-3-4-6/h4-10,13-15,25-26H,11-12H2,1-3H3;6H,1-5H2. The third-order valence-electron chi connectivity index (χ3n) is 7.25. The largest absolute Gasteiger partial charge is 0.457 e. The van der Waals surface area contributed by atoms with Gasteiger partial charge in [-0.05, 0) is 62.6 Å². The van der Waals surface area contributed by atoms with Crippen LogP contribution in [0.1, 0.15) is 57.6 Å². The first kappa shape index (κ1) is 30.3. The molecule has 3 aromatic rings. The Morgan fingerprint density at radius 1 is 1.14 bits per heavy atom. The van der Waals surface area contributed by atoms with Crippen molar-refractivity contribution >= 4 is 33.8 Å². The zero-order valence-electron chi connectivity index (χ0n) is 24.5. The Bertz CT molecular complexity index is 1470. The normalized spacial score (nSPS) is 18.0. The molecule has 2 saturated heterocycles. The van der Waals surface area contributed by atoms with Gasteiger partial charge in [-0.3, -0.25) is 15.6 Å². The number of cyclic esters (lactones) is 1. The van der Waals surface area contributed by atoms with E-state index in [0.717, 1.165) is 36.7 Å². The molecule has 1 atom stereocenters. The number of aromatic nitrogens is 2. The van der Waals surface area contributed by atoms with Gasteiger partial charge in [0.05, 0.1) is 18.1 Å². The third kappa shape index (κ3) is 7.81. The topological polar surface area (TPSA) is 146 Å². The second-order valence-corrected chi connectivity index (χ2v) is 12.2. The van der Waals surface area contributed by atoms with Gasteiger partial charge in [-0.25, -0.2) is 4.79 Å². The van der Waals surface area contributed by atoms with Gasteiger partial charge in [-0.2, -0.15) is 4.98 Å². The van der Waals surface area contributed by atoms with E-state index in [1.807, 2.05) is 37.8 Å². The van der Waals surface area contributed by atoms with Crippen molar-refractivity contribution in [2.75, 3.05) is 13.1 Å². The minimum absolute atomic E-state index is 0.0772. The number of benzene rings is 2. The van der Waals surface area contributed by atoms with Crippen molar-refractivity contribution in [2.24, 2.45) is 5.92 Å². The number of thioether (sulfide) groups is 1. The predicted octanol–water partition coefficient (Wildman–Crippen LogP) is 6.33. The van der Waals surface area contributed by atoms with Crippen LogP contribution in [0.2, 0.25) is 0 Å². The van der Waals surface area contributed by atoms with E-state index >= 15 is 0 Å². The maximum Gasteiger partial charge on any atom is 0.410 e. The molecule has 43 heavy (non-hydrogen) atoms. The fourth-order valence-electron chi connectivity index (χ4n) is 4.75. The monoisotopic (exact) mass is 604 g/mol. The fraction of sp³-hybridized carbons (Fsp3) is 0.419. The van der Waals surface area contributed by atoms with E-state index < -0.39 is 0 Å². The van der Waals surface area contributed by atoms with Crippen LogP contribution in [0.15, 0.2) is 53.3 Å². The molecule has 3 heterocycles. The number of nitrogens with one attached hydrogen (secondary N) is 2. The van der Waals surface area contributed by atoms with E-state index in [4.69, 9.17) is 24.8 Å². The second-order valence-electron chi connectivity index (χ2n) is 11.1. The number of carbonyl (C=O) groups is 2. The molecule has 1 aliphatic carbocycles. The van der Waals surface area contributed by atoms with Crippen molar-refractivity contribution < 1.29 is 23.6 Å². The summed E-state index contributed by atoms with van der Waals surface area (Å²) in [6.07, 6.45) is 5.22. The molecular weight excluding hydrogens is 568 g/mol. The Labute approximate surface area is 254 Å². The van der Waals surface area contributed by atoms with Crippen LogP contribution in [0.5, 0.6) is 11.5 Å². The molecule has 1 aromatic heterocycles. The fourth-order valence-corrected chi connectivity index (χ4v) is 5.46. The zero-order valence-corrected chi connectivity index (χ0v) is 25.4. The summed E-state index contributed by atoms with van der Waals surface area (Å²) in [5.74, 6) is 1.94. The number of nitrogens with zero attached hydrogens (tertiary/aromatic N) is 4. The van der Waals surface area contributed by atoms with Crippen LogP contribution in [0.25, 0.3) is 11.5 Å². The number of amides is 2. The quantitative estimate of drug-likeness (QED) is 0.224. The lowest BCUT2D eigenvalue weighted by Crippen LogP contribution is -2.26. The molecule has 0 bridgehead atoms. The Balaban J connectivity index is 0.000000345.